The lowest BCUT2D eigenvalue weighted by atomic mass is 9.69. The van der Waals surface area contributed by atoms with Gasteiger partial charge in [0.15, 0.2) is 5.78 Å². The van der Waals surface area contributed by atoms with Gasteiger partial charge >= 0.3 is 11.9 Å². The van der Waals surface area contributed by atoms with Crippen LogP contribution in [0.4, 0.5) is 0 Å². The third kappa shape index (κ3) is 4.40. The molecule has 0 saturated heterocycles. The van der Waals surface area contributed by atoms with Crippen LogP contribution in [0.2, 0.25) is 5.02 Å². The average molecular weight is 446 g/mol. The summed E-state index contributed by atoms with van der Waals surface area (Å²) in [4.78, 5) is 39.2. The number of Topliss-reactive ketones (excluding diaryl/α,β-unsaturated/α-hetero) is 1. The molecule has 4 atom stereocenters. The molecule has 1 N–H and O–H groups in total. The summed E-state index contributed by atoms with van der Waals surface area (Å²) >= 11 is 6.08. The second kappa shape index (κ2) is 9.27. The largest absolute Gasteiger partial charge is 0.468 e. The van der Waals surface area contributed by atoms with Gasteiger partial charge in [-0.25, -0.2) is 4.79 Å². The lowest BCUT2D eigenvalue weighted by molar-refractivity contribution is -0.151. The molecule has 0 radical (unpaired) electrons. The molecular formula is C24H28ClNO5. The monoisotopic (exact) mass is 445 g/mol. The first kappa shape index (κ1) is 23.1. The molecule has 3 rings (SSSR count). The van der Waals surface area contributed by atoms with E-state index in [0.29, 0.717) is 34.7 Å². The molecule has 1 aliphatic heterocycles. The molecule has 2 aliphatic rings. The van der Waals surface area contributed by atoms with E-state index in [-0.39, 0.29) is 17.8 Å². The summed E-state index contributed by atoms with van der Waals surface area (Å²) in [5.74, 6) is -3.16. The Kier molecular flexibility index (Phi) is 6.90. The summed E-state index contributed by atoms with van der Waals surface area (Å²) < 4.78 is 10.5. The van der Waals surface area contributed by atoms with Crippen molar-refractivity contribution in [2.45, 2.75) is 52.6 Å². The molecule has 1 aromatic carbocycles. The molecular weight excluding hydrogens is 418 g/mol. The zero-order valence-corrected chi connectivity index (χ0v) is 19.2. The van der Waals surface area contributed by atoms with Crippen LogP contribution in [0.15, 0.2) is 46.8 Å². The first-order valence-corrected chi connectivity index (χ1v) is 10.9. The van der Waals surface area contributed by atoms with Crippen LogP contribution in [0.3, 0.4) is 0 Å². The van der Waals surface area contributed by atoms with Gasteiger partial charge < -0.3 is 14.8 Å². The standard InChI is InChI=1S/C24H28ClNO5/c1-6-13(3)31-24(29)19-14(4)26-17-11-12(2)18(23(28)30-5)22(27)21(17)20(19)15-7-9-16(25)10-8-15/h7-10,12-13,18,20,26H,6,11H2,1-5H3/t12-,13+,18-,20+/m1/s1. The van der Waals surface area contributed by atoms with Gasteiger partial charge in [-0.3, -0.25) is 9.59 Å². The smallest absolute Gasteiger partial charge is 0.337 e. The van der Waals surface area contributed by atoms with Gasteiger partial charge in [-0.15, -0.1) is 0 Å². The molecule has 166 valence electrons. The number of nitrogens with one attached hydrogen (secondary N) is 1. The molecule has 31 heavy (non-hydrogen) atoms. The maximum Gasteiger partial charge on any atom is 0.337 e. The van der Waals surface area contributed by atoms with Crippen molar-refractivity contribution in [2.24, 2.45) is 11.8 Å². The normalized spacial score (nSPS) is 24.3. The van der Waals surface area contributed by atoms with Gasteiger partial charge in [0.25, 0.3) is 0 Å². The first-order valence-electron chi connectivity index (χ1n) is 10.5. The van der Waals surface area contributed by atoms with Crippen molar-refractivity contribution in [2.75, 3.05) is 7.11 Å². The number of halogens is 1. The molecule has 0 saturated carbocycles. The highest BCUT2D eigenvalue weighted by atomic mass is 35.5. The number of allylic oxidation sites excluding steroid dienone is 3. The Bertz CT molecular complexity index is 963. The highest BCUT2D eigenvalue weighted by Crippen LogP contribution is 2.45. The summed E-state index contributed by atoms with van der Waals surface area (Å²) in [5, 5.41) is 3.80. The van der Waals surface area contributed by atoms with Crippen LogP contribution in [0.5, 0.6) is 0 Å². The second-order valence-electron chi connectivity index (χ2n) is 8.21. The summed E-state index contributed by atoms with van der Waals surface area (Å²) in [6, 6.07) is 7.04. The van der Waals surface area contributed by atoms with E-state index >= 15 is 0 Å². The minimum atomic E-state index is -0.911. The van der Waals surface area contributed by atoms with Gasteiger partial charge in [0.1, 0.15) is 5.92 Å². The number of rotatable bonds is 5. The summed E-state index contributed by atoms with van der Waals surface area (Å²) in [6.45, 7) is 7.42. The van der Waals surface area contributed by atoms with Gasteiger partial charge in [0.2, 0.25) is 0 Å². The Hall–Kier alpha value is -2.60. The summed E-state index contributed by atoms with van der Waals surface area (Å²) in [5.41, 5.74) is 2.89. The zero-order valence-electron chi connectivity index (χ0n) is 18.5. The third-order valence-electron chi connectivity index (χ3n) is 6.05. The molecule has 0 spiro atoms. The van der Waals surface area contributed by atoms with E-state index in [1.54, 1.807) is 31.2 Å². The zero-order chi connectivity index (χ0) is 22.9. The van der Waals surface area contributed by atoms with E-state index in [9.17, 15) is 14.4 Å². The maximum atomic E-state index is 13.6. The van der Waals surface area contributed by atoms with Crippen molar-refractivity contribution in [1.82, 2.24) is 5.32 Å². The Balaban J connectivity index is 2.15. The molecule has 0 unspecified atom stereocenters. The van der Waals surface area contributed by atoms with Crippen LogP contribution in [-0.4, -0.2) is 30.9 Å². The minimum absolute atomic E-state index is 0.224. The van der Waals surface area contributed by atoms with Crippen molar-refractivity contribution in [1.29, 1.82) is 0 Å². The lowest BCUT2D eigenvalue weighted by Gasteiger charge is -2.38. The number of carbonyl (C=O) groups is 3. The quantitative estimate of drug-likeness (QED) is 0.537. The summed E-state index contributed by atoms with van der Waals surface area (Å²) in [7, 11) is 1.28. The number of hydrogen-bond acceptors (Lipinski definition) is 6. The van der Waals surface area contributed by atoms with Crippen LogP contribution in [-0.2, 0) is 23.9 Å². The highest BCUT2D eigenvalue weighted by molar-refractivity contribution is 6.30. The average Bonchev–Trinajstić information content (AvgIpc) is 2.72. The Labute approximate surface area is 187 Å². The van der Waals surface area contributed by atoms with Crippen LogP contribution < -0.4 is 5.32 Å². The van der Waals surface area contributed by atoms with Crippen molar-refractivity contribution < 1.29 is 23.9 Å². The molecule has 1 aliphatic carbocycles. The van der Waals surface area contributed by atoms with Crippen molar-refractivity contribution in [3.8, 4) is 0 Å². The van der Waals surface area contributed by atoms with E-state index in [1.807, 2.05) is 20.8 Å². The fraction of sp³-hybridized carbons (Fsp3) is 0.458. The number of methoxy groups -OCH3 is 1. The summed E-state index contributed by atoms with van der Waals surface area (Å²) in [6.07, 6.45) is 0.904. The molecule has 0 aromatic heterocycles. The number of carbonyl (C=O) groups excluding carboxylic acids is 3. The van der Waals surface area contributed by atoms with Crippen LogP contribution >= 0.6 is 11.6 Å². The van der Waals surface area contributed by atoms with Gasteiger partial charge in [-0.2, -0.15) is 0 Å². The number of hydrogen-bond donors (Lipinski definition) is 1. The van der Waals surface area contributed by atoms with E-state index in [1.165, 1.54) is 7.11 Å². The van der Waals surface area contributed by atoms with E-state index in [4.69, 9.17) is 21.1 Å². The number of ketones is 1. The number of benzene rings is 1. The fourth-order valence-electron chi connectivity index (χ4n) is 4.27. The van der Waals surface area contributed by atoms with Gasteiger partial charge in [-0.05, 0) is 50.3 Å². The SMILES string of the molecule is CC[C@H](C)OC(=O)C1=C(C)NC2=C(C(=O)[C@H](C(=O)OC)[C@H](C)C2)[C@H]1c1ccc(Cl)cc1. The van der Waals surface area contributed by atoms with Crippen molar-refractivity contribution in [3.63, 3.8) is 0 Å². The predicted molar refractivity (Wildman–Crippen MR) is 117 cm³/mol. The van der Waals surface area contributed by atoms with Gasteiger partial charge in [0.05, 0.1) is 18.8 Å². The maximum absolute atomic E-state index is 13.6. The van der Waals surface area contributed by atoms with Gasteiger partial charge in [0, 0.05) is 27.9 Å². The van der Waals surface area contributed by atoms with Crippen LogP contribution in [0, 0.1) is 11.8 Å². The molecule has 0 bridgehead atoms. The second-order valence-corrected chi connectivity index (χ2v) is 8.65. The Morgan fingerprint density at radius 1 is 1.26 bits per heavy atom. The Morgan fingerprint density at radius 2 is 1.90 bits per heavy atom. The van der Waals surface area contributed by atoms with Crippen molar-refractivity contribution in [3.05, 3.63) is 57.4 Å². The number of ether oxygens (including phenoxy) is 2. The third-order valence-corrected chi connectivity index (χ3v) is 6.30. The predicted octanol–water partition coefficient (Wildman–Crippen LogP) is 4.29. The Morgan fingerprint density at radius 3 is 2.48 bits per heavy atom. The molecule has 7 heteroatoms. The highest BCUT2D eigenvalue weighted by Gasteiger charge is 2.47. The van der Waals surface area contributed by atoms with Crippen LogP contribution in [0.25, 0.3) is 0 Å². The van der Waals surface area contributed by atoms with Crippen molar-refractivity contribution >= 4 is 29.3 Å². The topological polar surface area (TPSA) is 81.7 Å². The number of esters is 2. The van der Waals surface area contributed by atoms with E-state index in [2.05, 4.69) is 5.32 Å². The fourth-order valence-corrected chi connectivity index (χ4v) is 4.40. The molecule has 1 aromatic rings. The molecule has 6 nitrogen and oxygen atoms in total. The number of dihydropyridines is 1. The molecule has 0 fully saturated rings. The minimum Gasteiger partial charge on any atom is -0.468 e. The molecule has 1 heterocycles. The molecule has 0 amide bonds. The lowest BCUT2D eigenvalue weighted by Crippen LogP contribution is -2.43. The first-order chi connectivity index (χ1) is 14.7. The van der Waals surface area contributed by atoms with Crippen LogP contribution in [0.1, 0.15) is 52.0 Å². The van der Waals surface area contributed by atoms with Gasteiger partial charge in [-0.1, -0.05) is 37.6 Å². The van der Waals surface area contributed by atoms with E-state index in [0.717, 1.165) is 11.3 Å². The van der Waals surface area contributed by atoms with E-state index < -0.39 is 23.8 Å².